The molecule has 2 N–H and O–H groups in total. The van der Waals surface area contributed by atoms with Crippen molar-refractivity contribution < 1.29 is 23.5 Å². The SMILES string of the molecule is O=C(COc1ccc(/C=N/NC(=O)c2ccc(F)cc2)cc1)NC[C@H]1CCCO1. The molecule has 1 fully saturated rings. The molecule has 1 heterocycles. The van der Waals surface area contributed by atoms with E-state index in [0.717, 1.165) is 25.0 Å². The van der Waals surface area contributed by atoms with Crippen molar-refractivity contribution in [3.8, 4) is 5.75 Å². The van der Waals surface area contributed by atoms with Gasteiger partial charge >= 0.3 is 0 Å². The maximum atomic E-state index is 12.9. The van der Waals surface area contributed by atoms with Crippen LogP contribution in [0.4, 0.5) is 4.39 Å². The molecule has 0 unspecified atom stereocenters. The van der Waals surface area contributed by atoms with Gasteiger partial charge < -0.3 is 14.8 Å². The Balaban J connectivity index is 1.39. The van der Waals surface area contributed by atoms with Crippen LogP contribution in [-0.4, -0.2) is 43.9 Å². The van der Waals surface area contributed by atoms with E-state index in [9.17, 15) is 14.0 Å². The number of carbonyl (C=O) groups excluding carboxylic acids is 2. The maximum absolute atomic E-state index is 12.9. The molecular formula is C21H22FN3O4. The minimum absolute atomic E-state index is 0.0755. The summed E-state index contributed by atoms with van der Waals surface area (Å²) in [6.07, 6.45) is 3.57. The van der Waals surface area contributed by atoms with Crippen LogP contribution in [0.15, 0.2) is 53.6 Å². The van der Waals surface area contributed by atoms with E-state index in [4.69, 9.17) is 9.47 Å². The van der Waals surface area contributed by atoms with Gasteiger partial charge in [0.15, 0.2) is 6.61 Å². The summed E-state index contributed by atoms with van der Waals surface area (Å²) in [7, 11) is 0. The Kier molecular flexibility index (Phi) is 7.29. The Bertz CT molecular complexity index is 847. The summed E-state index contributed by atoms with van der Waals surface area (Å²) in [5.74, 6) is -0.498. The van der Waals surface area contributed by atoms with Crippen molar-refractivity contribution in [2.75, 3.05) is 19.8 Å². The number of rotatable bonds is 8. The molecule has 3 rings (SSSR count). The van der Waals surface area contributed by atoms with Gasteiger partial charge in [-0.1, -0.05) is 0 Å². The molecule has 0 radical (unpaired) electrons. The van der Waals surface area contributed by atoms with E-state index in [1.54, 1.807) is 24.3 Å². The average Bonchev–Trinajstić information content (AvgIpc) is 3.26. The van der Waals surface area contributed by atoms with E-state index in [1.165, 1.54) is 30.5 Å². The normalized spacial score (nSPS) is 16.0. The molecule has 1 saturated heterocycles. The third-order valence-corrected chi connectivity index (χ3v) is 4.29. The topological polar surface area (TPSA) is 89.0 Å². The highest BCUT2D eigenvalue weighted by Gasteiger charge is 2.16. The highest BCUT2D eigenvalue weighted by atomic mass is 19.1. The Labute approximate surface area is 167 Å². The monoisotopic (exact) mass is 399 g/mol. The zero-order valence-corrected chi connectivity index (χ0v) is 15.8. The molecule has 152 valence electrons. The van der Waals surface area contributed by atoms with E-state index in [-0.39, 0.29) is 18.6 Å². The quantitative estimate of drug-likeness (QED) is 0.526. The summed E-state index contributed by atoms with van der Waals surface area (Å²) in [5, 5.41) is 6.66. The van der Waals surface area contributed by atoms with Crippen LogP contribution in [0.25, 0.3) is 0 Å². The summed E-state index contributed by atoms with van der Waals surface area (Å²) >= 11 is 0. The van der Waals surface area contributed by atoms with Crippen molar-refractivity contribution >= 4 is 18.0 Å². The Morgan fingerprint density at radius 2 is 1.93 bits per heavy atom. The minimum atomic E-state index is -0.435. The van der Waals surface area contributed by atoms with E-state index < -0.39 is 11.7 Å². The predicted octanol–water partition coefficient (Wildman–Crippen LogP) is 2.26. The van der Waals surface area contributed by atoms with Gasteiger partial charge in [0.05, 0.1) is 12.3 Å². The number of carbonyl (C=O) groups is 2. The molecule has 0 spiro atoms. The van der Waals surface area contributed by atoms with E-state index in [1.807, 2.05) is 0 Å². The number of hydrogen-bond donors (Lipinski definition) is 2. The second-order valence-electron chi connectivity index (χ2n) is 6.50. The molecule has 1 aliphatic heterocycles. The van der Waals surface area contributed by atoms with Gasteiger partial charge in [0, 0.05) is 18.7 Å². The van der Waals surface area contributed by atoms with Crippen LogP contribution >= 0.6 is 0 Å². The number of amides is 2. The summed E-state index contributed by atoms with van der Waals surface area (Å²) < 4.78 is 23.8. The van der Waals surface area contributed by atoms with Crippen molar-refractivity contribution in [2.45, 2.75) is 18.9 Å². The number of halogens is 1. The first-order valence-corrected chi connectivity index (χ1v) is 9.30. The second kappa shape index (κ2) is 10.3. The van der Waals surface area contributed by atoms with Gasteiger partial charge in [0.1, 0.15) is 11.6 Å². The van der Waals surface area contributed by atoms with Crippen LogP contribution in [0.2, 0.25) is 0 Å². The van der Waals surface area contributed by atoms with E-state index >= 15 is 0 Å². The van der Waals surface area contributed by atoms with Crippen molar-refractivity contribution in [3.63, 3.8) is 0 Å². The summed E-state index contributed by atoms with van der Waals surface area (Å²) in [5.41, 5.74) is 3.42. The second-order valence-corrected chi connectivity index (χ2v) is 6.50. The van der Waals surface area contributed by atoms with Gasteiger partial charge in [-0.3, -0.25) is 9.59 Å². The molecule has 0 aliphatic carbocycles. The van der Waals surface area contributed by atoms with Gasteiger partial charge in [-0.05, 0) is 66.9 Å². The zero-order chi connectivity index (χ0) is 20.5. The highest BCUT2D eigenvalue weighted by Crippen LogP contribution is 2.12. The lowest BCUT2D eigenvalue weighted by Gasteiger charge is -2.11. The number of benzene rings is 2. The largest absolute Gasteiger partial charge is 0.484 e. The van der Waals surface area contributed by atoms with Crippen LogP contribution in [0.5, 0.6) is 5.75 Å². The lowest BCUT2D eigenvalue weighted by atomic mass is 10.2. The first-order valence-electron chi connectivity index (χ1n) is 9.30. The Morgan fingerprint density at radius 3 is 2.62 bits per heavy atom. The zero-order valence-electron chi connectivity index (χ0n) is 15.8. The molecule has 1 aliphatic rings. The average molecular weight is 399 g/mol. The van der Waals surface area contributed by atoms with Gasteiger partial charge in [-0.15, -0.1) is 0 Å². The molecule has 7 nitrogen and oxygen atoms in total. The van der Waals surface area contributed by atoms with E-state index in [0.29, 0.717) is 17.9 Å². The lowest BCUT2D eigenvalue weighted by Crippen LogP contribution is -2.35. The number of hydrogen-bond acceptors (Lipinski definition) is 5. The number of hydrazone groups is 1. The molecule has 1 atom stereocenters. The molecule has 2 aromatic rings. The Morgan fingerprint density at radius 1 is 1.17 bits per heavy atom. The van der Waals surface area contributed by atoms with Gasteiger partial charge in [-0.2, -0.15) is 5.10 Å². The molecule has 29 heavy (non-hydrogen) atoms. The number of nitrogens with one attached hydrogen (secondary N) is 2. The highest BCUT2D eigenvalue weighted by molar-refractivity contribution is 5.94. The van der Waals surface area contributed by atoms with Gasteiger partial charge in [0.25, 0.3) is 11.8 Å². The minimum Gasteiger partial charge on any atom is -0.484 e. The summed E-state index contributed by atoms with van der Waals surface area (Å²) in [6, 6.07) is 12.1. The number of ether oxygens (including phenoxy) is 2. The third kappa shape index (κ3) is 6.69. The summed E-state index contributed by atoms with van der Waals surface area (Å²) in [6.45, 7) is 1.18. The molecular weight excluding hydrogens is 377 g/mol. The first-order chi connectivity index (χ1) is 14.1. The third-order valence-electron chi connectivity index (χ3n) is 4.29. The first kappa shape index (κ1) is 20.5. The molecule has 2 amide bonds. The van der Waals surface area contributed by atoms with Crippen molar-refractivity contribution in [1.82, 2.24) is 10.7 Å². The fourth-order valence-electron chi connectivity index (χ4n) is 2.71. The molecule has 0 aromatic heterocycles. The fraction of sp³-hybridized carbons (Fsp3) is 0.286. The fourth-order valence-corrected chi connectivity index (χ4v) is 2.71. The smallest absolute Gasteiger partial charge is 0.271 e. The van der Waals surface area contributed by atoms with E-state index in [2.05, 4.69) is 15.8 Å². The summed E-state index contributed by atoms with van der Waals surface area (Å²) in [4.78, 5) is 23.7. The Hall–Kier alpha value is -3.26. The van der Waals surface area contributed by atoms with Gasteiger partial charge in [0.2, 0.25) is 0 Å². The van der Waals surface area contributed by atoms with Crippen molar-refractivity contribution in [1.29, 1.82) is 0 Å². The van der Waals surface area contributed by atoms with Crippen LogP contribution in [0, 0.1) is 5.82 Å². The molecule has 0 bridgehead atoms. The molecule has 2 aromatic carbocycles. The predicted molar refractivity (Wildman–Crippen MR) is 105 cm³/mol. The van der Waals surface area contributed by atoms with Gasteiger partial charge in [-0.25, -0.2) is 9.82 Å². The van der Waals surface area contributed by atoms with Crippen LogP contribution in [0.3, 0.4) is 0 Å². The molecule has 0 saturated carbocycles. The van der Waals surface area contributed by atoms with Crippen LogP contribution < -0.4 is 15.5 Å². The van der Waals surface area contributed by atoms with Crippen LogP contribution in [0.1, 0.15) is 28.8 Å². The lowest BCUT2D eigenvalue weighted by molar-refractivity contribution is -0.123. The van der Waals surface area contributed by atoms with Crippen LogP contribution in [-0.2, 0) is 9.53 Å². The maximum Gasteiger partial charge on any atom is 0.271 e. The van der Waals surface area contributed by atoms with Crippen molar-refractivity contribution in [2.24, 2.45) is 5.10 Å². The number of nitrogens with zero attached hydrogens (tertiary/aromatic N) is 1. The standard InChI is InChI=1S/C21H22FN3O4/c22-17-7-5-16(6-8-17)21(27)25-24-12-15-3-9-18(10-4-15)29-14-20(26)23-13-19-2-1-11-28-19/h3-10,12,19H,1-2,11,13-14H2,(H,23,26)(H,25,27)/b24-12+/t19-/m1/s1. The van der Waals surface area contributed by atoms with Crippen molar-refractivity contribution in [3.05, 3.63) is 65.5 Å². The molecule has 8 heteroatoms.